The number of aliphatic hydroxyl groups excluding tert-OH is 3. The van der Waals surface area contributed by atoms with Gasteiger partial charge in [-0.15, -0.1) is 0 Å². The monoisotopic (exact) mass is 458 g/mol. The summed E-state index contributed by atoms with van der Waals surface area (Å²) in [4.78, 5) is 0. The molecule has 3 N–H and O–H groups in total. The standard InChI is InChI=1S/C30H50O3/c1-17-15-23(32)30(8)24(33)16-29(7)19(25(30)18(17)2)9-10-21-27(5)13-12-22(31)26(3,4)20(27)11-14-28(21,29)6/h9,17-18,20-25,31-33H,10-16H2,1-8H3/t17-,18+,20+,21-,22?,23?,24?,25+,27+,28-,29-,30-/m1/s1. The van der Waals surface area contributed by atoms with Crippen LogP contribution in [0.2, 0.25) is 0 Å². The van der Waals surface area contributed by atoms with Crippen molar-refractivity contribution in [2.75, 3.05) is 0 Å². The first kappa shape index (κ1) is 24.3. The molecule has 5 aliphatic rings. The summed E-state index contributed by atoms with van der Waals surface area (Å²) in [6.45, 7) is 19.0. The van der Waals surface area contributed by atoms with Gasteiger partial charge in [0.15, 0.2) is 0 Å². The molecule has 0 saturated heterocycles. The molecular formula is C30H50O3. The van der Waals surface area contributed by atoms with Gasteiger partial charge in [0.1, 0.15) is 0 Å². The zero-order valence-corrected chi connectivity index (χ0v) is 22.5. The maximum absolute atomic E-state index is 11.7. The second kappa shape index (κ2) is 7.10. The van der Waals surface area contributed by atoms with Gasteiger partial charge in [-0.2, -0.15) is 0 Å². The lowest BCUT2D eigenvalue weighted by molar-refractivity contribution is -0.227. The van der Waals surface area contributed by atoms with Crippen molar-refractivity contribution in [1.82, 2.24) is 0 Å². The number of hydrogen-bond acceptors (Lipinski definition) is 3. The fraction of sp³-hybridized carbons (Fsp3) is 0.933. The molecule has 0 aliphatic heterocycles. The van der Waals surface area contributed by atoms with E-state index in [0.29, 0.717) is 23.7 Å². The van der Waals surface area contributed by atoms with Crippen LogP contribution in [0.3, 0.4) is 0 Å². The molecule has 4 fully saturated rings. The van der Waals surface area contributed by atoms with Crippen molar-refractivity contribution in [2.24, 2.45) is 56.7 Å². The van der Waals surface area contributed by atoms with Crippen molar-refractivity contribution in [3.63, 3.8) is 0 Å². The van der Waals surface area contributed by atoms with Gasteiger partial charge in [0.25, 0.3) is 0 Å². The van der Waals surface area contributed by atoms with Crippen LogP contribution >= 0.6 is 0 Å². The van der Waals surface area contributed by atoms with E-state index in [4.69, 9.17) is 0 Å². The average molecular weight is 459 g/mol. The molecule has 12 atom stereocenters. The van der Waals surface area contributed by atoms with Crippen molar-refractivity contribution < 1.29 is 15.3 Å². The summed E-state index contributed by atoms with van der Waals surface area (Å²) in [5.41, 5.74) is 1.38. The third kappa shape index (κ3) is 2.74. The third-order valence-corrected chi connectivity index (χ3v) is 13.6. The summed E-state index contributed by atoms with van der Waals surface area (Å²) in [5.74, 6) is 2.29. The van der Waals surface area contributed by atoms with Gasteiger partial charge in [-0.3, -0.25) is 0 Å². The van der Waals surface area contributed by atoms with Gasteiger partial charge in [-0.05, 0) is 96.2 Å². The molecule has 0 bridgehead atoms. The highest BCUT2D eigenvalue weighted by Gasteiger charge is 2.70. The van der Waals surface area contributed by atoms with Crippen LogP contribution in [0.25, 0.3) is 0 Å². The van der Waals surface area contributed by atoms with Crippen LogP contribution in [0.4, 0.5) is 0 Å². The molecule has 0 radical (unpaired) electrons. The molecule has 3 unspecified atom stereocenters. The van der Waals surface area contributed by atoms with Crippen molar-refractivity contribution >= 4 is 0 Å². The number of allylic oxidation sites excluding steroid dienone is 2. The summed E-state index contributed by atoms with van der Waals surface area (Å²) in [5, 5.41) is 33.9. The van der Waals surface area contributed by atoms with Gasteiger partial charge < -0.3 is 15.3 Å². The van der Waals surface area contributed by atoms with Crippen LogP contribution in [0.5, 0.6) is 0 Å². The topological polar surface area (TPSA) is 60.7 Å². The number of fused-ring (bicyclic) bond motifs is 7. The van der Waals surface area contributed by atoms with Gasteiger partial charge in [0, 0.05) is 5.41 Å². The van der Waals surface area contributed by atoms with Gasteiger partial charge >= 0.3 is 0 Å². The van der Waals surface area contributed by atoms with Crippen molar-refractivity contribution in [3.05, 3.63) is 11.6 Å². The largest absolute Gasteiger partial charge is 0.393 e. The average Bonchev–Trinajstić information content (AvgIpc) is 2.71. The minimum atomic E-state index is -0.472. The maximum Gasteiger partial charge on any atom is 0.0632 e. The zero-order chi connectivity index (χ0) is 24.4. The van der Waals surface area contributed by atoms with Crippen LogP contribution in [-0.2, 0) is 0 Å². The van der Waals surface area contributed by atoms with Crippen LogP contribution < -0.4 is 0 Å². The van der Waals surface area contributed by atoms with Gasteiger partial charge in [-0.25, -0.2) is 0 Å². The Hall–Kier alpha value is -0.380. The van der Waals surface area contributed by atoms with E-state index in [1.165, 1.54) is 12.8 Å². The Kier molecular flexibility index (Phi) is 5.23. The summed E-state index contributed by atoms with van der Waals surface area (Å²) < 4.78 is 0. The van der Waals surface area contributed by atoms with Gasteiger partial charge in [0.05, 0.1) is 18.3 Å². The Labute approximate surface area is 202 Å². The minimum Gasteiger partial charge on any atom is -0.393 e. The fourth-order valence-electron chi connectivity index (χ4n) is 10.9. The molecule has 0 aromatic heterocycles. The highest BCUT2D eigenvalue weighted by atomic mass is 16.3. The summed E-state index contributed by atoms with van der Waals surface area (Å²) >= 11 is 0. The van der Waals surface area contributed by atoms with E-state index in [-0.39, 0.29) is 33.7 Å². The number of hydrogen-bond donors (Lipinski definition) is 3. The first-order valence-electron chi connectivity index (χ1n) is 13.9. The number of rotatable bonds is 0. The predicted octanol–water partition coefficient (Wildman–Crippen LogP) is 5.97. The normalized spacial score (nSPS) is 60.0. The van der Waals surface area contributed by atoms with E-state index in [0.717, 1.165) is 32.1 Å². The smallest absolute Gasteiger partial charge is 0.0632 e. The Morgan fingerprint density at radius 2 is 1.48 bits per heavy atom. The van der Waals surface area contributed by atoms with E-state index in [2.05, 4.69) is 61.5 Å². The van der Waals surface area contributed by atoms with Gasteiger partial charge in [-0.1, -0.05) is 67.0 Å². The highest BCUT2D eigenvalue weighted by Crippen LogP contribution is 2.75. The maximum atomic E-state index is 11.7. The lowest BCUT2D eigenvalue weighted by Gasteiger charge is -2.72. The molecule has 3 heteroatoms. The highest BCUT2D eigenvalue weighted by molar-refractivity contribution is 5.35. The lowest BCUT2D eigenvalue weighted by atomic mass is 9.33. The molecule has 0 heterocycles. The molecule has 0 aromatic carbocycles. The van der Waals surface area contributed by atoms with Gasteiger partial charge in [0.2, 0.25) is 0 Å². The molecular weight excluding hydrogens is 408 g/mol. The molecule has 5 aliphatic carbocycles. The lowest BCUT2D eigenvalue weighted by Crippen LogP contribution is -2.68. The molecule has 0 spiro atoms. The molecule has 5 rings (SSSR count). The van der Waals surface area contributed by atoms with E-state index in [1.54, 1.807) is 5.57 Å². The van der Waals surface area contributed by atoms with Crippen LogP contribution in [0, 0.1) is 56.7 Å². The summed E-state index contributed by atoms with van der Waals surface area (Å²) in [6, 6.07) is 0. The Morgan fingerprint density at radius 1 is 0.818 bits per heavy atom. The Bertz CT molecular complexity index is 847. The second-order valence-corrected chi connectivity index (χ2v) is 14.8. The minimum absolute atomic E-state index is 0.0404. The van der Waals surface area contributed by atoms with Crippen LogP contribution in [-0.4, -0.2) is 33.6 Å². The van der Waals surface area contributed by atoms with Crippen molar-refractivity contribution in [2.45, 2.75) is 119 Å². The quantitative estimate of drug-likeness (QED) is 0.392. The number of aliphatic hydroxyl groups is 3. The summed E-state index contributed by atoms with van der Waals surface area (Å²) in [7, 11) is 0. The predicted molar refractivity (Wildman–Crippen MR) is 133 cm³/mol. The Morgan fingerprint density at radius 3 is 2.15 bits per heavy atom. The van der Waals surface area contributed by atoms with Crippen LogP contribution in [0.15, 0.2) is 11.6 Å². The van der Waals surface area contributed by atoms with Crippen LogP contribution in [0.1, 0.15) is 100 Å². The fourth-order valence-corrected chi connectivity index (χ4v) is 10.9. The van der Waals surface area contributed by atoms with E-state index in [1.807, 2.05) is 0 Å². The summed E-state index contributed by atoms with van der Waals surface area (Å²) in [6.07, 6.45) is 8.52. The van der Waals surface area contributed by atoms with E-state index in [9.17, 15) is 15.3 Å². The first-order valence-corrected chi connectivity index (χ1v) is 13.9. The van der Waals surface area contributed by atoms with Crippen molar-refractivity contribution in [3.8, 4) is 0 Å². The molecule has 0 amide bonds. The third-order valence-electron chi connectivity index (χ3n) is 13.6. The SMILES string of the molecule is C[C@H]1[C@H](C)CC(O)[C@]2(C)C(O)C[C@]3(C)C(=CC[C@@H]4[C@@]5(C)CCC(O)C(C)(C)[C@@H]5CC[C@]43C)[C@H]12. The first-order chi connectivity index (χ1) is 15.2. The molecule has 3 nitrogen and oxygen atoms in total. The van der Waals surface area contributed by atoms with E-state index < -0.39 is 17.6 Å². The molecule has 0 aromatic rings. The molecule has 33 heavy (non-hydrogen) atoms. The zero-order valence-electron chi connectivity index (χ0n) is 22.5. The second-order valence-electron chi connectivity index (χ2n) is 14.8. The Balaban J connectivity index is 1.63. The van der Waals surface area contributed by atoms with E-state index >= 15 is 0 Å². The molecule has 188 valence electrons. The molecule has 4 saturated carbocycles. The van der Waals surface area contributed by atoms with Crippen molar-refractivity contribution in [1.29, 1.82) is 0 Å².